The topological polar surface area (TPSA) is 102 Å². The van der Waals surface area contributed by atoms with Crippen LogP contribution in [-0.4, -0.2) is 43.7 Å². The molecule has 2 aromatic rings. The van der Waals surface area contributed by atoms with E-state index in [1.54, 1.807) is 10.7 Å². The SMILES string of the molecule is CCCn1nnnc1CN1C(=O)N[C@]2(CCOc3ccccc32)C1=O. The van der Waals surface area contributed by atoms with Crippen LogP contribution in [-0.2, 0) is 23.4 Å². The Morgan fingerprint density at radius 3 is 3.00 bits per heavy atom. The van der Waals surface area contributed by atoms with Gasteiger partial charge in [-0.3, -0.25) is 9.69 Å². The molecule has 0 saturated carbocycles. The lowest BCUT2D eigenvalue weighted by molar-refractivity contribution is -0.133. The van der Waals surface area contributed by atoms with Crippen LogP contribution in [0.4, 0.5) is 4.79 Å². The molecule has 130 valence electrons. The average molecular weight is 342 g/mol. The number of hydrogen-bond acceptors (Lipinski definition) is 6. The number of carbonyl (C=O) groups is 2. The number of nitrogens with one attached hydrogen (secondary N) is 1. The zero-order chi connectivity index (χ0) is 17.4. The number of imide groups is 1. The maximum absolute atomic E-state index is 13.2. The van der Waals surface area contributed by atoms with Gasteiger partial charge in [-0.1, -0.05) is 25.1 Å². The molecule has 0 radical (unpaired) electrons. The lowest BCUT2D eigenvalue weighted by atomic mass is 9.84. The molecule has 0 unspecified atom stereocenters. The van der Waals surface area contributed by atoms with Crippen molar-refractivity contribution < 1.29 is 14.3 Å². The molecule has 2 aliphatic rings. The van der Waals surface area contributed by atoms with Crippen molar-refractivity contribution in [3.05, 3.63) is 35.7 Å². The minimum atomic E-state index is -1.07. The number of carbonyl (C=O) groups excluding carboxylic acids is 2. The second-order valence-corrected chi connectivity index (χ2v) is 6.14. The number of amides is 3. The highest BCUT2D eigenvalue weighted by Gasteiger charge is 2.55. The number of hydrogen-bond donors (Lipinski definition) is 1. The normalized spacial score (nSPS) is 22.0. The van der Waals surface area contributed by atoms with Crippen LogP contribution in [0.3, 0.4) is 0 Å². The Kier molecular flexibility index (Phi) is 3.63. The molecule has 0 aliphatic carbocycles. The lowest BCUT2D eigenvalue weighted by Crippen LogP contribution is -2.47. The monoisotopic (exact) mass is 342 g/mol. The Balaban J connectivity index is 1.66. The minimum Gasteiger partial charge on any atom is -0.493 e. The first kappa shape index (κ1) is 15.6. The van der Waals surface area contributed by atoms with Crippen LogP contribution in [0.2, 0.25) is 0 Å². The van der Waals surface area contributed by atoms with E-state index in [0.29, 0.717) is 36.7 Å². The van der Waals surface area contributed by atoms with Crippen LogP contribution in [0.5, 0.6) is 5.75 Å². The van der Waals surface area contributed by atoms with Crippen LogP contribution in [0.15, 0.2) is 24.3 Å². The van der Waals surface area contributed by atoms with Crippen LogP contribution in [0.25, 0.3) is 0 Å². The molecule has 0 bridgehead atoms. The number of fused-ring (bicyclic) bond motifs is 2. The highest BCUT2D eigenvalue weighted by atomic mass is 16.5. The van der Waals surface area contributed by atoms with Gasteiger partial charge in [0.2, 0.25) is 0 Å². The summed E-state index contributed by atoms with van der Waals surface area (Å²) in [4.78, 5) is 26.9. The highest BCUT2D eigenvalue weighted by molar-refractivity contribution is 6.07. The Bertz CT molecular complexity index is 835. The Hall–Kier alpha value is -2.97. The standard InChI is InChI=1S/C16H18N6O3/c1-2-8-22-13(18-19-20-22)10-21-14(23)16(17-15(21)24)7-9-25-12-6-4-3-5-11(12)16/h3-6H,2,7-10H2,1H3,(H,17,24)/t16-/m0/s1. The van der Waals surface area contributed by atoms with Crippen LogP contribution >= 0.6 is 0 Å². The van der Waals surface area contributed by atoms with E-state index in [9.17, 15) is 9.59 Å². The minimum absolute atomic E-state index is 0.0441. The molecule has 3 amide bonds. The van der Waals surface area contributed by atoms with Gasteiger partial charge in [0.05, 0.1) is 13.2 Å². The fraction of sp³-hybridized carbons (Fsp3) is 0.438. The third kappa shape index (κ3) is 2.34. The van der Waals surface area contributed by atoms with Gasteiger partial charge >= 0.3 is 6.03 Å². The zero-order valence-corrected chi connectivity index (χ0v) is 13.8. The smallest absolute Gasteiger partial charge is 0.325 e. The number of benzene rings is 1. The molecule has 4 rings (SSSR count). The summed E-state index contributed by atoms with van der Waals surface area (Å²) in [5.41, 5.74) is -0.384. The number of aromatic nitrogens is 4. The van der Waals surface area contributed by atoms with Gasteiger partial charge in [0, 0.05) is 18.5 Å². The van der Waals surface area contributed by atoms with E-state index in [-0.39, 0.29) is 12.5 Å². The summed E-state index contributed by atoms with van der Waals surface area (Å²) in [5, 5.41) is 14.4. The molecule has 1 aromatic carbocycles. The van der Waals surface area contributed by atoms with Gasteiger partial charge in [-0.05, 0) is 22.9 Å². The van der Waals surface area contributed by atoms with Gasteiger partial charge in [-0.25, -0.2) is 9.48 Å². The van der Waals surface area contributed by atoms with Gasteiger partial charge in [0.1, 0.15) is 5.75 Å². The largest absolute Gasteiger partial charge is 0.493 e. The number of para-hydroxylation sites is 1. The summed E-state index contributed by atoms with van der Waals surface area (Å²) in [5.74, 6) is 0.821. The molecular weight excluding hydrogens is 324 g/mol. The van der Waals surface area contributed by atoms with Crippen molar-refractivity contribution in [1.82, 2.24) is 30.4 Å². The van der Waals surface area contributed by atoms with Crippen LogP contribution < -0.4 is 10.1 Å². The number of nitrogens with zero attached hydrogens (tertiary/aromatic N) is 5. The number of ether oxygens (including phenoxy) is 1. The Labute approximate surface area is 143 Å². The van der Waals surface area contributed by atoms with Gasteiger partial charge in [0.25, 0.3) is 5.91 Å². The maximum atomic E-state index is 13.2. The number of tetrazole rings is 1. The number of aryl methyl sites for hydroxylation is 1. The molecule has 1 N–H and O–H groups in total. The van der Waals surface area contributed by atoms with E-state index in [4.69, 9.17) is 4.74 Å². The Morgan fingerprint density at radius 1 is 1.32 bits per heavy atom. The zero-order valence-electron chi connectivity index (χ0n) is 13.8. The van der Waals surface area contributed by atoms with E-state index < -0.39 is 11.6 Å². The third-order valence-electron chi connectivity index (χ3n) is 4.60. The third-order valence-corrected chi connectivity index (χ3v) is 4.60. The lowest BCUT2D eigenvalue weighted by Gasteiger charge is -2.33. The van der Waals surface area contributed by atoms with Crippen molar-refractivity contribution in [2.75, 3.05) is 6.61 Å². The highest BCUT2D eigenvalue weighted by Crippen LogP contribution is 2.41. The van der Waals surface area contributed by atoms with Gasteiger partial charge in [-0.2, -0.15) is 0 Å². The van der Waals surface area contributed by atoms with E-state index in [2.05, 4.69) is 20.8 Å². The fourth-order valence-electron chi connectivity index (χ4n) is 3.38. The molecule has 25 heavy (non-hydrogen) atoms. The van der Waals surface area contributed by atoms with Crippen molar-refractivity contribution in [2.24, 2.45) is 0 Å². The number of urea groups is 1. The predicted molar refractivity (Wildman–Crippen MR) is 85.4 cm³/mol. The summed E-state index contributed by atoms with van der Waals surface area (Å²) < 4.78 is 7.24. The van der Waals surface area contributed by atoms with Crippen molar-refractivity contribution in [3.63, 3.8) is 0 Å². The van der Waals surface area contributed by atoms with Crippen LogP contribution in [0, 0.1) is 0 Å². The molecule has 1 aromatic heterocycles. The quantitative estimate of drug-likeness (QED) is 0.825. The molecule has 1 saturated heterocycles. The molecule has 3 heterocycles. The fourth-order valence-corrected chi connectivity index (χ4v) is 3.38. The van der Waals surface area contributed by atoms with Crippen LogP contribution in [0.1, 0.15) is 31.2 Å². The molecule has 1 spiro atoms. The van der Waals surface area contributed by atoms with E-state index in [0.717, 1.165) is 6.42 Å². The summed E-state index contributed by atoms with van der Waals surface area (Å²) in [6.07, 6.45) is 1.25. The summed E-state index contributed by atoms with van der Waals surface area (Å²) in [7, 11) is 0. The average Bonchev–Trinajstić information content (AvgIpc) is 3.15. The first-order chi connectivity index (χ1) is 12.2. The first-order valence-electron chi connectivity index (χ1n) is 8.27. The van der Waals surface area contributed by atoms with E-state index in [1.807, 2.05) is 25.1 Å². The molecular formula is C16H18N6O3. The summed E-state index contributed by atoms with van der Waals surface area (Å²) >= 11 is 0. The molecule has 9 nitrogen and oxygen atoms in total. The molecule has 9 heteroatoms. The number of rotatable bonds is 4. The second-order valence-electron chi connectivity index (χ2n) is 6.14. The first-order valence-corrected chi connectivity index (χ1v) is 8.27. The van der Waals surface area contributed by atoms with E-state index >= 15 is 0 Å². The molecule has 1 atom stereocenters. The van der Waals surface area contributed by atoms with Crippen molar-refractivity contribution in [2.45, 2.75) is 38.4 Å². The van der Waals surface area contributed by atoms with Gasteiger partial charge in [0.15, 0.2) is 11.4 Å². The van der Waals surface area contributed by atoms with Crippen molar-refractivity contribution >= 4 is 11.9 Å². The van der Waals surface area contributed by atoms with Crippen molar-refractivity contribution in [3.8, 4) is 5.75 Å². The van der Waals surface area contributed by atoms with Crippen molar-refractivity contribution in [1.29, 1.82) is 0 Å². The summed E-state index contributed by atoms with van der Waals surface area (Å²) in [6.45, 7) is 3.05. The summed E-state index contributed by atoms with van der Waals surface area (Å²) in [6, 6.07) is 6.86. The van der Waals surface area contributed by atoms with E-state index in [1.165, 1.54) is 4.90 Å². The molecule has 1 fully saturated rings. The maximum Gasteiger partial charge on any atom is 0.325 e. The molecule has 2 aliphatic heterocycles. The second kappa shape index (κ2) is 5.83. The Morgan fingerprint density at radius 2 is 2.16 bits per heavy atom. The predicted octanol–water partition coefficient (Wildman–Crippen LogP) is 0.813. The van der Waals surface area contributed by atoms with Gasteiger partial charge in [-0.15, -0.1) is 5.10 Å². The van der Waals surface area contributed by atoms with Gasteiger partial charge < -0.3 is 10.1 Å².